The summed E-state index contributed by atoms with van der Waals surface area (Å²) in [6.07, 6.45) is 7.06. The van der Waals surface area contributed by atoms with Crippen molar-refractivity contribution in [3.05, 3.63) is 47.9 Å². The zero-order valence-corrected chi connectivity index (χ0v) is 17.5. The number of nitrogens with zero attached hydrogens (tertiary/aromatic N) is 4. The molecule has 164 valence electrons. The predicted octanol–water partition coefficient (Wildman–Crippen LogP) is 0.678. The lowest BCUT2D eigenvalue weighted by atomic mass is 9.97. The zero-order chi connectivity index (χ0) is 21.8. The van der Waals surface area contributed by atoms with E-state index in [2.05, 4.69) is 30.9 Å². The first-order valence-corrected chi connectivity index (χ1v) is 10.4. The topological polar surface area (TPSA) is 132 Å². The van der Waals surface area contributed by atoms with Gasteiger partial charge in [0.25, 0.3) is 5.91 Å². The molecule has 0 aliphatic carbocycles. The molecule has 0 atom stereocenters. The Bertz CT molecular complexity index is 1040. The normalized spacial score (nSPS) is 14.9. The van der Waals surface area contributed by atoms with Crippen molar-refractivity contribution in [1.29, 1.82) is 0 Å². The Balaban J connectivity index is 1.28. The standard InChI is InChI=1S/C21H27N7O3/c1-27-13-16(18-8-17(25-30)2-3-19(18)27)10-22-9-14-4-6-28(7-5-14)21-23-11-15(12-24-21)20(29)26-31/h2-3,8,11-14,22,25,30-31H,4-7,9-10H2,1H3,(H,26,29)/p+1. The van der Waals surface area contributed by atoms with E-state index in [1.807, 2.05) is 25.2 Å². The van der Waals surface area contributed by atoms with Crippen LogP contribution < -0.4 is 21.2 Å². The highest BCUT2D eigenvalue weighted by atomic mass is 16.5. The van der Waals surface area contributed by atoms with Crippen molar-refractivity contribution in [3.8, 4) is 0 Å². The fourth-order valence-corrected chi connectivity index (χ4v) is 4.13. The van der Waals surface area contributed by atoms with E-state index < -0.39 is 5.91 Å². The van der Waals surface area contributed by atoms with Crippen molar-refractivity contribution in [2.45, 2.75) is 19.4 Å². The second-order valence-electron chi connectivity index (χ2n) is 7.94. The van der Waals surface area contributed by atoms with E-state index in [9.17, 15) is 10.0 Å². The van der Waals surface area contributed by atoms with Gasteiger partial charge in [0, 0.05) is 68.3 Å². The minimum atomic E-state index is -0.617. The van der Waals surface area contributed by atoms with Crippen LogP contribution in [0.2, 0.25) is 0 Å². The summed E-state index contributed by atoms with van der Waals surface area (Å²) < 4.78 is 2.11. The maximum atomic E-state index is 11.4. The van der Waals surface area contributed by atoms with Crippen molar-refractivity contribution in [2.75, 3.05) is 24.5 Å². The second-order valence-corrected chi connectivity index (χ2v) is 7.94. The number of hydrogen-bond acceptors (Lipinski definition) is 7. The van der Waals surface area contributed by atoms with Crippen molar-refractivity contribution >= 4 is 28.4 Å². The third-order valence-corrected chi connectivity index (χ3v) is 5.89. The molecule has 3 aromatic rings. The number of nitrogens with two attached hydrogens (primary N) is 1. The number of quaternary nitrogens is 1. The van der Waals surface area contributed by atoms with Gasteiger partial charge in [-0.1, -0.05) is 0 Å². The number of aromatic nitrogens is 3. The van der Waals surface area contributed by atoms with Crippen LogP contribution in [0.5, 0.6) is 0 Å². The Morgan fingerprint density at radius 1 is 1.26 bits per heavy atom. The van der Waals surface area contributed by atoms with E-state index in [0.717, 1.165) is 61.1 Å². The lowest BCUT2D eigenvalue weighted by Crippen LogP contribution is -2.73. The molecule has 1 saturated heterocycles. The van der Waals surface area contributed by atoms with Gasteiger partial charge in [-0.05, 0) is 36.9 Å². The van der Waals surface area contributed by atoms with Gasteiger partial charge in [-0.2, -0.15) is 5.48 Å². The average Bonchev–Trinajstić information content (AvgIpc) is 3.13. The maximum absolute atomic E-state index is 11.4. The molecule has 0 saturated carbocycles. The molecule has 3 heterocycles. The van der Waals surface area contributed by atoms with Crippen LogP contribution in [-0.4, -0.2) is 50.5 Å². The number of carbonyl (C=O) groups is 1. The third-order valence-electron chi connectivity index (χ3n) is 5.89. The summed E-state index contributed by atoms with van der Waals surface area (Å²) in [6.45, 7) is 3.44. The van der Waals surface area contributed by atoms with Gasteiger partial charge in [0.2, 0.25) is 5.95 Å². The molecule has 0 bridgehead atoms. The smallest absolute Gasteiger partial charge is 0.277 e. The summed E-state index contributed by atoms with van der Waals surface area (Å²) >= 11 is 0. The predicted molar refractivity (Wildman–Crippen MR) is 114 cm³/mol. The van der Waals surface area contributed by atoms with Crippen LogP contribution in [0.4, 0.5) is 11.6 Å². The van der Waals surface area contributed by atoms with Gasteiger partial charge in [-0.3, -0.25) is 10.0 Å². The Labute approximate surface area is 179 Å². The molecule has 10 heteroatoms. The minimum Gasteiger partial charge on any atom is -0.350 e. The van der Waals surface area contributed by atoms with Crippen LogP contribution in [0.25, 0.3) is 10.9 Å². The first-order valence-electron chi connectivity index (χ1n) is 10.4. The molecular formula is C21H28N7O3+. The molecule has 0 spiro atoms. The first-order chi connectivity index (χ1) is 15.1. The highest BCUT2D eigenvalue weighted by Gasteiger charge is 2.21. The van der Waals surface area contributed by atoms with Gasteiger partial charge in [0.15, 0.2) is 5.69 Å². The summed E-state index contributed by atoms with van der Waals surface area (Å²) in [4.78, 5) is 22.0. The van der Waals surface area contributed by atoms with E-state index in [0.29, 0.717) is 11.9 Å². The number of piperidine rings is 1. The summed E-state index contributed by atoms with van der Waals surface area (Å²) in [5.74, 6) is 0.563. The molecule has 1 aliphatic rings. The fraction of sp³-hybridized carbons (Fsp3) is 0.381. The number of hydroxylamine groups is 1. The molecule has 1 amide bonds. The van der Waals surface area contributed by atoms with Gasteiger partial charge in [-0.25, -0.2) is 20.7 Å². The molecule has 1 aliphatic heterocycles. The quantitative estimate of drug-likeness (QED) is 0.213. The van der Waals surface area contributed by atoms with Crippen molar-refractivity contribution in [3.63, 3.8) is 0 Å². The number of benzene rings is 1. The van der Waals surface area contributed by atoms with Gasteiger partial charge in [0.1, 0.15) is 0 Å². The van der Waals surface area contributed by atoms with Crippen LogP contribution >= 0.6 is 0 Å². The second kappa shape index (κ2) is 9.40. The minimum absolute atomic E-state index is 0.225. The molecule has 2 aromatic heterocycles. The first kappa shape index (κ1) is 21.2. The van der Waals surface area contributed by atoms with Gasteiger partial charge in [0.05, 0.1) is 5.56 Å². The zero-order valence-electron chi connectivity index (χ0n) is 17.5. The van der Waals surface area contributed by atoms with Gasteiger partial charge < -0.3 is 14.8 Å². The summed E-state index contributed by atoms with van der Waals surface area (Å²) in [5, 5.41) is 22.7. The fourth-order valence-electron chi connectivity index (χ4n) is 4.13. The largest absolute Gasteiger partial charge is 0.350 e. The highest BCUT2D eigenvalue weighted by Crippen LogP contribution is 2.24. The van der Waals surface area contributed by atoms with Crippen molar-refractivity contribution < 1.29 is 20.7 Å². The molecule has 4 rings (SSSR count). The van der Waals surface area contributed by atoms with E-state index in [1.165, 1.54) is 18.0 Å². The van der Waals surface area contributed by atoms with Crippen molar-refractivity contribution in [1.82, 2.24) is 25.3 Å². The number of carbonyl (C=O) groups excluding carboxylic acids is 1. The number of amides is 1. The van der Waals surface area contributed by atoms with E-state index in [1.54, 1.807) is 5.48 Å². The van der Waals surface area contributed by atoms with E-state index >= 15 is 0 Å². The number of aryl methyl sites for hydroxylation is 1. The third kappa shape index (κ3) is 4.67. The number of hydrogen-bond donors (Lipinski definition) is 5. The van der Waals surface area contributed by atoms with Gasteiger partial charge >= 0.3 is 0 Å². The molecule has 31 heavy (non-hydrogen) atoms. The van der Waals surface area contributed by atoms with Crippen LogP contribution in [0, 0.1) is 5.92 Å². The number of anilines is 1. The number of rotatable bonds is 7. The van der Waals surface area contributed by atoms with E-state index in [-0.39, 0.29) is 5.56 Å². The van der Waals surface area contributed by atoms with Crippen molar-refractivity contribution in [2.24, 2.45) is 13.0 Å². The molecular weight excluding hydrogens is 398 g/mol. The van der Waals surface area contributed by atoms with Crippen LogP contribution in [-0.2, 0) is 13.6 Å². The highest BCUT2D eigenvalue weighted by molar-refractivity contribution is 5.92. The van der Waals surface area contributed by atoms with Crippen LogP contribution in [0.15, 0.2) is 36.8 Å². The molecule has 0 unspecified atom stereocenters. The lowest BCUT2D eigenvalue weighted by molar-refractivity contribution is -0.825. The number of nitrogens with one attached hydrogen (secondary N) is 2. The Morgan fingerprint density at radius 2 is 2.00 bits per heavy atom. The average molecular weight is 427 g/mol. The molecule has 6 N–H and O–H groups in total. The van der Waals surface area contributed by atoms with Crippen LogP contribution in [0.1, 0.15) is 28.8 Å². The SMILES string of the molecule is Cn1cc(CNCC2CCN(c3ncc(C(=O)NO)cn3)CC2)c2cc([NH2+]O)ccc21. The summed E-state index contributed by atoms with van der Waals surface area (Å²) in [6, 6.07) is 5.95. The maximum Gasteiger partial charge on any atom is 0.277 e. The Morgan fingerprint density at radius 3 is 2.68 bits per heavy atom. The Kier molecular flexibility index (Phi) is 6.42. The van der Waals surface area contributed by atoms with Gasteiger partial charge in [-0.15, -0.1) is 0 Å². The van der Waals surface area contributed by atoms with E-state index in [4.69, 9.17) is 5.21 Å². The lowest BCUT2D eigenvalue weighted by Gasteiger charge is -2.32. The van der Waals surface area contributed by atoms with Crippen LogP contribution in [0.3, 0.4) is 0 Å². The monoisotopic (exact) mass is 426 g/mol. The molecule has 1 aromatic carbocycles. The summed E-state index contributed by atoms with van der Waals surface area (Å²) in [7, 11) is 2.04. The molecule has 1 fully saturated rings. The number of fused-ring (bicyclic) bond motifs is 1. The molecule has 0 radical (unpaired) electrons. The molecule has 10 nitrogen and oxygen atoms in total. The summed E-state index contributed by atoms with van der Waals surface area (Å²) in [5.41, 5.74) is 6.12. The Hall–Kier alpha value is -3.05.